The smallest absolute Gasteiger partial charge is 0.419 e. The molecule has 4 rings (SSSR count). The molecule has 178 valence electrons. The van der Waals surface area contributed by atoms with Crippen LogP contribution in [0.25, 0.3) is 22.4 Å². The molecule has 1 aliphatic heterocycles. The number of rotatable bonds is 5. The van der Waals surface area contributed by atoms with Gasteiger partial charge in [0.15, 0.2) is 12.3 Å². The molecule has 3 heterocycles. The van der Waals surface area contributed by atoms with Gasteiger partial charge in [0.25, 0.3) is 5.91 Å². The van der Waals surface area contributed by atoms with Crippen molar-refractivity contribution in [3.05, 3.63) is 35.9 Å². The Morgan fingerprint density at radius 2 is 1.94 bits per heavy atom. The summed E-state index contributed by atoms with van der Waals surface area (Å²) in [4.78, 5) is 28.6. The van der Waals surface area contributed by atoms with E-state index in [1.807, 2.05) is 13.0 Å². The lowest BCUT2D eigenvalue weighted by molar-refractivity contribution is -0.141. The highest BCUT2D eigenvalue weighted by Gasteiger charge is 2.35. The van der Waals surface area contributed by atoms with Crippen LogP contribution in [0.15, 0.2) is 24.5 Å². The van der Waals surface area contributed by atoms with Crippen LogP contribution in [0, 0.1) is 11.3 Å². The second-order valence-corrected chi connectivity index (χ2v) is 7.85. The molecule has 12 heteroatoms. The normalized spacial score (nSPS) is 14.9. The minimum Gasteiger partial charge on any atom is -0.483 e. The molecule has 0 saturated carbocycles. The first-order valence-electron chi connectivity index (χ1n) is 10.6. The van der Waals surface area contributed by atoms with E-state index in [-0.39, 0.29) is 28.5 Å². The highest BCUT2D eigenvalue weighted by molar-refractivity contribution is 5.88. The van der Waals surface area contributed by atoms with Crippen LogP contribution in [-0.2, 0) is 18.0 Å². The van der Waals surface area contributed by atoms with Crippen LogP contribution < -0.4 is 4.74 Å². The second-order valence-electron chi connectivity index (χ2n) is 7.85. The SMILES string of the molecule is CCN1CCN(C(=O)COc2ccc(-c3nc(C#N)nc4c3ncn4C)cc2C(F)(F)F)CC1. The fourth-order valence-electron chi connectivity index (χ4n) is 3.83. The maximum Gasteiger partial charge on any atom is 0.419 e. The molecule has 0 spiro atoms. The molecule has 1 amide bonds. The number of benzene rings is 1. The number of aryl methyl sites for hydroxylation is 1. The Morgan fingerprint density at radius 3 is 2.59 bits per heavy atom. The van der Waals surface area contributed by atoms with Gasteiger partial charge in [0.1, 0.15) is 23.0 Å². The minimum absolute atomic E-state index is 0.101. The molecule has 0 atom stereocenters. The van der Waals surface area contributed by atoms with Crippen LogP contribution >= 0.6 is 0 Å². The number of fused-ring (bicyclic) bond motifs is 1. The van der Waals surface area contributed by atoms with Crippen molar-refractivity contribution in [2.24, 2.45) is 7.05 Å². The summed E-state index contributed by atoms with van der Waals surface area (Å²) < 4.78 is 48.5. The van der Waals surface area contributed by atoms with Crippen molar-refractivity contribution in [2.45, 2.75) is 13.1 Å². The van der Waals surface area contributed by atoms with Crippen molar-refractivity contribution in [1.82, 2.24) is 29.3 Å². The molecule has 9 nitrogen and oxygen atoms in total. The Labute approximate surface area is 193 Å². The number of carbonyl (C=O) groups excluding carboxylic acids is 1. The van der Waals surface area contributed by atoms with Gasteiger partial charge in [0, 0.05) is 38.8 Å². The standard InChI is InChI=1S/C22H22F3N7O2/c1-3-31-6-8-32(9-7-31)18(33)12-34-16-5-4-14(10-15(16)22(23,24)25)19-20-21(30(2)13-27-20)29-17(11-26)28-19/h4-5,10,13H,3,6-9,12H2,1-2H3. The Morgan fingerprint density at radius 1 is 1.21 bits per heavy atom. The monoisotopic (exact) mass is 473 g/mol. The number of hydrogen-bond donors (Lipinski definition) is 0. The quantitative estimate of drug-likeness (QED) is 0.561. The Hall–Kier alpha value is -3.72. The fraction of sp³-hybridized carbons (Fsp3) is 0.409. The highest BCUT2D eigenvalue weighted by atomic mass is 19.4. The lowest BCUT2D eigenvalue weighted by Crippen LogP contribution is -2.49. The van der Waals surface area contributed by atoms with Gasteiger partial charge < -0.3 is 19.1 Å². The molecule has 1 fully saturated rings. The van der Waals surface area contributed by atoms with Crippen LogP contribution in [0.5, 0.6) is 5.75 Å². The van der Waals surface area contributed by atoms with E-state index in [1.165, 1.54) is 12.4 Å². The van der Waals surface area contributed by atoms with Crippen molar-refractivity contribution in [3.63, 3.8) is 0 Å². The highest BCUT2D eigenvalue weighted by Crippen LogP contribution is 2.39. The van der Waals surface area contributed by atoms with Gasteiger partial charge in [-0.1, -0.05) is 6.92 Å². The van der Waals surface area contributed by atoms with Crippen molar-refractivity contribution in [3.8, 4) is 23.1 Å². The average Bonchev–Trinajstić information content (AvgIpc) is 3.21. The maximum atomic E-state index is 13.9. The third-order valence-electron chi connectivity index (χ3n) is 5.74. The number of alkyl halides is 3. The van der Waals surface area contributed by atoms with Crippen molar-refractivity contribution >= 4 is 17.1 Å². The molecular weight excluding hydrogens is 451 g/mol. The number of aromatic nitrogens is 4. The Balaban J connectivity index is 1.62. The Kier molecular flexibility index (Phi) is 6.39. The lowest BCUT2D eigenvalue weighted by atomic mass is 10.1. The summed E-state index contributed by atoms with van der Waals surface area (Å²) in [6, 6.07) is 5.26. The number of nitrogens with zero attached hydrogens (tertiary/aromatic N) is 7. The predicted octanol–water partition coefficient (Wildman–Crippen LogP) is 2.46. The molecule has 0 bridgehead atoms. The molecule has 1 aromatic carbocycles. The van der Waals surface area contributed by atoms with E-state index in [0.717, 1.165) is 31.8 Å². The zero-order valence-electron chi connectivity index (χ0n) is 18.6. The van der Waals surface area contributed by atoms with Gasteiger partial charge in [-0.2, -0.15) is 23.4 Å². The van der Waals surface area contributed by atoms with E-state index in [2.05, 4.69) is 19.9 Å². The van der Waals surface area contributed by atoms with Gasteiger partial charge in [-0.15, -0.1) is 0 Å². The number of nitriles is 1. The van der Waals surface area contributed by atoms with Crippen LogP contribution in [0.3, 0.4) is 0 Å². The van der Waals surface area contributed by atoms with Gasteiger partial charge in [-0.05, 0) is 24.7 Å². The van der Waals surface area contributed by atoms with Gasteiger partial charge in [0.05, 0.1) is 11.9 Å². The first-order chi connectivity index (χ1) is 16.2. The minimum atomic E-state index is -4.74. The van der Waals surface area contributed by atoms with Crippen LogP contribution in [0.1, 0.15) is 18.3 Å². The maximum absolute atomic E-state index is 13.9. The van der Waals surface area contributed by atoms with Crippen LogP contribution in [0.4, 0.5) is 13.2 Å². The molecule has 0 aliphatic carbocycles. The summed E-state index contributed by atoms with van der Waals surface area (Å²) in [5, 5.41) is 9.24. The molecule has 34 heavy (non-hydrogen) atoms. The van der Waals surface area contributed by atoms with Gasteiger partial charge in [-0.3, -0.25) is 4.79 Å². The summed E-state index contributed by atoms with van der Waals surface area (Å²) in [5.41, 5.74) is -0.253. The number of likely N-dealkylation sites (N-methyl/N-ethyl adjacent to an activating group) is 1. The summed E-state index contributed by atoms with van der Waals surface area (Å²) in [7, 11) is 1.66. The molecule has 2 aromatic heterocycles. The van der Waals surface area contributed by atoms with Gasteiger partial charge in [0.2, 0.25) is 5.82 Å². The first-order valence-corrected chi connectivity index (χ1v) is 10.6. The molecule has 0 unspecified atom stereocenters. The number of piperazine rings is 1. The zero-order chi connectivity index (χ0) is 24.5. The molecule has 1 saturated heterocycles. The number of amides is 1. The largest absolute Gasteiger partial charge is 0.483 e. The zero-order valence-corrected chi connectivity index (χ0v) is 18.6. The van der Waals surface area contributed by atoms with E-state index in [0.29, 0.717) is 18.7 Å². The number of imidazole rings is 1. The predicted molar refractivity (Wildman–Crippen MR) is 116 cm³/mol. The second kappa shape index (κ2) is 9.26. The molecule has 1 aliphatic rings. The van der Waals surface area contributed by atoms with Crippen molar-refractivity contribution < 1.29 is 22.7 Å². The fourth-order valence-corrected chi connectivity index (χ4v) is 3.83. The van der Waals surface area contributed by atoms with Crippen LogP contribution in [0.2, 0.25) is 0 Å². The first kappa shape index (κ1) is 23.4. The van der Waals surface area contributed by atoms with E-state index in [9.17, 15) is 23.2 Å². The number of carbonyl (C=O) groups is 1. The third kappa shape index (κ3) is 4.65. The van der Waals surface area contributed by atoms with E-state index in [4.69, 9.17) is 4.74 Å². The van der Waals surface area contributed by atoms with E-state index in [1.54, 1.807) is 16.5 Å². The number of hydrogen-bond acceptors (Lipinski definition) is 7. The third-order valence-corrected chi connectivity index (χ3v) is 5.74. The van der Waals surface area contributed by atoms with E-state index >= 15 is 0 Å². The summed E-state index contributed by atoms with van der Waals surface area (Å²) in [5.74, 6) is -1.00. The lowest BCUT2D eigenvalue weighted by Gasteiger charge is -2.34. The Bertz CT molecular complexity index is 1260. The van der Waals surface area contributed by atoms with Gasteiger partial charge in [-0.25, -0.2) is 9.97 Å². The molecule has 0 radical (unpaired) electrons. The van der Waals surface area contributed by atoms with E-state index < -0.39 is 24.1 Å². The average molecular weight is 473 g/mol. The molecule has 0 N–H and O–H groups in total. The molecule has 3 aromatic rings. The topological polar surface area (TPSA) is 100 Å². The summed E-state index contributed by atoms with van der Waals surface area (Å²) in [6.45, 7) is 4.88. The number of halogens is 3. The van der Waals surface area contributed by atoms with Crippen LogP contribution in [-0.4, -0.2) is 74.6 Å². The van der Waals surface area contributed by atoms with Gasteiger partial charge >= 0.3 is 6.18 Å². The molecular formula is C22H22F3N7O2. The summed E-state index contributed by atoms with van der Waals surface area (Å²) in [6.07, 6.45) is -3.30. The van der Waals surface area contributed by atoms with Crippen molar-refractivity contribution in [2.75, 3.05) is 39.3 Å². The number of ether oxygens (including phenoxy) is 1. The van der Waals surface area contributed by atoms with Crippen molar-refractivity contribution in [1.29, 1.82) is 5.26 Å². The summed E-state index contributed by atoms with van der Waals surface area (Å²) >= 11 is 0.